The van der Waals surface area contributed by atoms with Gasteiger partial charge in [-0.2, -0.15) is 13.2 Å². The maximum absolute atomic E-state index is 16.9. The number of nitrogen functional groups attached to an aromatic ring is 1. The normalized spacial score (nSPS) is 27.7. The van der Waals surface area contributed by atoms with E-state index >= 15 is 4.39 Å². The smallest absolute Gasteiger partial charge is 0.418 e. The molecule has 12 heteroatoms. The molecule has 0 aromatic carbocycles. The molecule has 41 heavy (non-hydrogen) atoms. The van der Waals surface area contributed by atoms with Gasteiger partial charge < -0.3 is 25.6 Å². The lowest BCUT2D eigenvalue weighted by Crippen LogP contribution is -2.62. The zero-order valence-electron chi connectivity index (χ0n) is 23.4. The van der Waals surface area contributed by atoms with E-state index in [9.17, 15) is 13.2 Å². The van der Waals surface area contributed by atoms with Crippen LogP contribution in [0.25, 0.3) is 22.0 Å². The van der Waals surface area contributed by atoms with Crippen molar-refractivity contribution in [2.45, 2.75) is 76.4 Å². The summed E-state index contributed by atoms with van der Waals surface area (Å²) in [7, 11) is 2.04. The number of fused-ring (bicyclic) bond motifs is 5. The van der Waals surface area contributed by atoms with E-state index in [1.165, 1.54) is 6.92 Å². The van der Waals surface area contributed by atoms with Crippen LogP contribution in [0.4, 0.5) is 29.2 Å². The second-order valence-electron chi connectivity index (χ2n) is 12.1. The molecule has 3 aromatic rings. The molecule has 5 atom stereocenters. The molecule has 0 spiro atoms. The van der Waals surface area contributed by atoms with Crippen LogP contribution in [0, 0.1) is 19.7 Å². The van der Waals surface area contributed by atoms with Gasteiger partial charge in [0.1, 0.15) is 23.4 Å². The second kappa shape index (κ2) is 9.12. The molecule has 3 N–H and O–H groups in total. The summed E-state index contributed by atoms with van der Waals surface area (Å²) >= 11 is 0. The first-order valence-electron chi connectivity index (χ1n) is 14.2. The van der Waals surface area contributed by atoms with Gasteiger partial charge in [0.15, 0.2) is 5.82 Å². The number of halogens is 4. The van der Waals surface area contributed by atoms with Crippen LogP contribution in [0.15, 0.2) is 6.07 Å². The van der Waals surface area contributed by atoms with Gasteiger partial charge in [-0.3, -0.25) is 0 Å². The van der Waals surface area contributed by atoms with Crippen molar-refractivity contribution >= 4 is 22.4 Å². The molecular weight excluding hydrogens is 538 g/mol. The minimum atomic E-state index is -4.80. The fraction of sp³-hybridized carbons (Fsp3) is 0.552. The third kappa shape index (κ3) is 4.04. The fourth-order valence-corrected chi connectivity index (χ4v) is 7.65. The van der Waals surface area contributed by atoms with Crippen molar-refractivity contribution in [3.63, 3.8) is 0 Å². The Morgan fingerprint density at radius 2 is 1.85 bits per heavy atom. The zero-order valence-corrected chi connectivity index (χ0v) is 23.4. The standard InChI is InChI=1S/C29H33F4N7O/c1-12-20-21-27(37-24(12)15-7-8-39(4)10-15)40-11-16-5-6-18(36-16)26(40)14(3)41-28(21)38-25(23(20)30)17-9-19(34)35-13(2)22(17)29(31,32)33/h9,14-16,18,26,36H,5-8,10-11H2,1-4H3,(H2,34,35)/t14-,15?,16+,18-,26+/m0/s1. The van der Waals surface area contributed by atoms with Crippen LogP contribution >= 0.6 is 0 Å². The minimum Gasteiger partial charge on any atom is -0.472 e. The number of alkyl halides is 3. The Labute approximate surface area is 235 Å². The first kappa shape index (κ1) is 26.6. The van der Waals surface area contributed by atoms with Gasteiger partial charge in [-0.25, -0.2) is 19.3 Å². The number of rotatable bonds is 2. The number of aryl methyl sites for hydroxylation is 2. The maximum atomic E-state index is 16.9. The van der Waals surface area contributed by atoms with Crippen LogP contribution < -0.4 is 20.7 Å². The molecule has 4 aliphatic rings. The van der Waals surface area contributed by atoms with Gasteiger partial charge in [-0.05, 0) is 65.3 Å². The van der Waals surface area contributed by atoms with E-state index in [4.69, 9.17) is 15.5 Å². The van der Waals surface area contributed by atoms with Crippen LogP contribution in [0.5, 0.6) is 5.88 Å². The van der Waals surface area contributed by atoms with E-state index in [1.54, 1.807) is 6.92 Å². The Balaban J connectivity index is 1.56. The van der Waals surface area contributed by atoms with Gasteiger partial charge in [0.25, 0.3) is 0 Å². The number of pyridine rings is 3. The molecule has 7 heterocycles. The lowest BCUT2D eigenvalue weighted by Gasteiger charge is -2.43. The van der Waals surface area contributed by atoms with E-state index in [0.29, 0.717) is 23.3 Å². The highest BCUT2D eigenvalue weighted by atomic mass is 19.4. The molecule has 3 saturated heterocycles. The van der Waals surface area contributed by atoms with Crippen molar-refractivity contribution < 1.29 is 22.3 Å². The second-order valence-corrected chi connectivity index (χ2v) is 12.1. The number of likely N-dealkylation sites (N-methyl/N-ethyl adjacent to an activating group) is 1. The van der Waals surface area contributed by atoms with Gasteiger partial charge in [0, 0.05) is 42.0 Å². The van der Waals surface area contributed by atoms with E-state index < -0.39 is 28.8 Å². The molecule has 3 aromatic heterocycles. The number of aromatic nitrogens is 3. The number of hydrogen-bond donors (Lipinski definition) is 2. The Hall–Kier alpha value is -3.25. The van der Waals surface area contributed by atoms with Gasteiger partial charge in [0.05, 0.1) is 28.4 Å². The topological polar surface area (TPSA) is 92.4 Å². The average molecular weight is 572 g/mol. The zero-order chi connectivity index (χ0) is 29.0. The summed E-state index contributed by atoms with van der Waals surface area (Å²) in [4.78, 5) is 18.0. The van der Waals surface area contributed by atoms with Crippen molar-refractivity contribution in [2.75, 3.05) is 37.3 Å². The highest BCUT2D eigenvalue weighted by Gasteiger charge is 2.47. The summed E-state index contributed by atoms with van der Waals surface area (Å²) in [5.74, 6) is -0.202. The molecule has 2 bridgehead atoms. The summed E-state index contributed by atoms with van der Waals surface area (Å²) < 4.78 is 66.4. The van der Waals surface area contributed by atoms with Crippen LogP contribution in [0.1, 0.15) is 54.6 Å². The van der Waals surface area contributed by atoms with Crippen molar-refractivity contribution in [3.05, 3.63) is 34.4 Å². The highest BCUT2D eigenvalue weighted by Crippen LogP contribution is 2.48. The quantitative estimate of drug-likeness (QED) is 0.433. The molecule has 8 nitrogen and oxygen atoms in total. The average Bonchev–Trinajstić information content (AvgIpc) is 3.46. The maximum Gasteiger partial charge on any atom is 0.418 e. The number of nitrogens with zero attached hydrogens (tertiary/aromatic N) is 5. The number of nitrogens with two attached hydrogens (primary N) is 1. The Bertz CT molecular complexity index is 1580. The molecule has 0 amide bonds. The van der Waals surface area contributed by atoms with Gasteiger partial charge in [0.2, 0.25) is 5.88 Å². The number of hydrogen-bond acceptors (Lipinski definition) is 8. The van der Waals surface area contributed by atoms with Crippen LogP contribution in [-0.2, 0) is 6.18 Å². The number of ether oxygens (including phenoxy) is 1. The summed E-state index contributed by atoms with van der Waals surface area (Å²) in [6.45, 7) is 7.31. The number of anilines is 2. The van der Waals surface area contributed by atoms with E-state index in [1.807, 2.05) is 14.0 Å². The molecular formula is C29H33F4N7O. The van der Waals surface area contributed by atoms with Gasteiger partial charge in [-0.1, -0.05) is 0 Å². The summed E-state index contributed by atoms with van der Waals surface area (Å²) in [6, 6.07) is 1.40. The van der Waals surface area contributed by atoms with Gasteiger partial charge in [-0.15, -0.1) is 0 Å². The molecule has 0 saturated carbocycles. The van der Waals surface area contributed by atoms with E-state index in [2.05, 4.69) is 25.1 Å². The highest BCUT2D eigenvalue weighted by molar-refractivity contribution is 6.02. The lowest BCUT2D eigenvalue weighted by atomic mass is 9.93. The number of likely N-dealkylation sites (tertiary alicyclic amines) is 1. The SMILES string of the molecule is Cc1nc(N)cc(-c2nc3c4c(nc(C5CCN(C)C5)c(C)c4c2F)N2C[C@H]4CC[C@H](N4)[C@H]2[C@H](C)O3)c1C(F)(F)F. The van der Waals surface area contributed by atoms with Crippen molar-refractivity contribution in [1.29, 1.82) is 0 Å². The Morgan fingerprint density at radius 3 is 2.56 bits per heavy atom. The molecule has 3 fully saturated rings. The minimum absolute atomic E-state index is 0.0735. The molecule has 0 aliphatic carbocycles. The molecule has 7 rings (SSSR count). The molecule has 4 aliphatic heterocycles. The first-order chi connectivity index (χ1) is 19.4. The number of piperazine rings is 1. The van der Waals surface area contributed by atoms with Crippen molar-refractivity contribution in [1.82, 2.24) is 25.2 Å². The van der Waals surface area contributed by atoms with Crippen LogP contribution in [-0.4, -0.2) is 70.8 Å². The van der Waals surface area contributed by atoms with Gasteiger partial charge >= 0.3 is 6.18 Å². The Morgan fingerprint density at radius 1 is 1.07 bits per heavy atom. The molecule has 0 radical (unpaired) electrons. The largest absolute Gasteiger partial charge is 0.472 e. The van der Waals surface area contributed by atoms with Crippen LogP contribution in [0.2, 0.25) is 0 Å². The number of nitrogens with one attached hydrogen (secondary N) is 1. The van der Waals surface area contributed by atoms with E-state index in [0.717, 1.165) is 44.1 Å². The third-order valence-electron chi connectivity index (χ3n) is 9.37. The molecule has 218 valence electrons. The lowest BCUT2D eigenvalue weighted by molar-refractivity contribution is -0.137. The summed E-state index contributed by atoms with van der Waals surface area (Å²) in [6.07, 6.45) is -2.30. The summed E-state index contributed by atoms with van der Waals surface area (Å²) in [5.41, 5.74) is 4.99. The van der Waals surface area contributed by atoms with E-state index in [-0.39, 0.29) is 52.9 Å². The fourth-order valence-electron chi connectivity index (χ4n) is 7.65. The monoisotopic (exact) mass is 571 g/mol. The predicted molar refractivity (Wildman–Crippen MR) is 148 cm³/mol. The first-order valence-corrected chi connectivity index (χ1v) is 14.2. The predicted octanol–water partition coefficient (Wildman–Crippen LogP) is 4.56. The van der Waals surface area contributed by atoms with Crippen molar-refractivity contribution in [3.8, 4) is 17.1 Å². The molecule has 1 unspecified atom stereocenters. The summed E-state index contributed by atoms with van der Waals surface area (Å²) in [5, 5.41) is 4.31. The van der Waals surface area contributed by atoms with Crippen LogP contribution in [0.3, 0.4) is 0 Å². The van der Waals surface area contributed by atoms with Crippen molar-refractivity contribution in [2.24, 2.45) is 0 Å². The Kier molecular flexibility index (Phi) is 5.93. The third-order valence-corrected chi connectivity index (χ3v) is 9.37.